The third-order valence-electron chi connectivity index (χ3n) is 7.40. The average Bonchev–Trinajstić information content (AvgIpc) is 2.94. The lowest BCUT2D eigenvalue weighted by Gasteiger charge is -2.30. The molecule has 0 fully saturated rings. The zero-order valence-corrected chi connectivity index (χ0v) is 26.5. The lowest BCUT2D eigenvalue weighted by atomic mass is 10.0. The van der Waals surface area contributed by atoms with Gasteiger partial charge in [0.2, 0.25) is 5.66 Å². The number of carbonyl (C=O) groups is 4. The van der Waals surface area contributed by atoms with Gasteiger partial charge in [0.25, 0.3) is 0 Å². The molecule has 10 nitrogen and oxygen atoms in total. The average molecular weight is 601 g/mol. The van der Waals surface area contributed by atoms with Crippen LogP contribution in [0.2, 0.25) is 0 Å². The summed E-state index contributed by atoms with van der Waals surface area (Å²) in [6, 6.07) is 0. The molecule has 246 valence electrons. The number of amides is 2. The van der Waals surface area contributed by atoms with Crippen molar-refractivity contribution < 1.29 is 38.9 Å². The quantitative estimate of drug-likeness (QED) is 0.0494. The van der Waals surface area contributed by atoms with Crippen LogP contribution in [-0.4, -0.2) is 53.2 Å². The Kier molecular flexibility index (Phi) is 25.7. The monoisotopic (exact) mass is 600 g/mol. The topological polar surface area (TPSA) is 151 Å². The van der Waals surface area contributed by atoms with E-state index < -0.39 is 29.8 Å². The van der Waals surface area contributed by atoms with E-state index in [-0.39, 0.29) is 32.5 Å². The van der Waals surface area contributed by atoms with Gasteiger partial charge in [-0.1, -0.05) is 129 Å². The minimum atomic E-state index is -2.24. The van der Waals surface area contributed by atoms with Gasteiger partial charge in [-0.25, -0.2) is 14.4 Å². The molecule has 10 heteroatoms. The first-order valence-electron chi connectivity index (χ1n) is 16.6. The number of alkyl carbamates (subject to hydrolysis) is 2. The van der Waals surface area contributed by atoms with Crippen molar-refractivity contribution in [1.29, 1.82) is 0 Å². The van der Waals surface area contributed by atoms with Crippen molar-refractivity contribution in [1.82, 2.24) is 10.6 Å². The molecular weight excluding hydrogens is 540 g/mol. The summed E-state index contributed by atoms with van der Waals surface area (Å²) in [5, 5.41) is 23.4. The van der Waals surface area contributed by atoms with Crippen LogP contribution in [0.5, 0.6) is 0 Å². The first-order chi connectivity index (χ1) is 20.3. The van der Waals surface area contributed by atoms with E-state index in [0.29, 0.717) is 12.8 Å². The number of carboxylic acids is 2. The van der Waals surface area contributed by atoms with E-state index in [1.807, 2.05) is 0 Å². The van der Waals surface area contributed by atoms with E-state index >= 15 is 0 Å². The van der Waals surface area contributed by atoms with Crippen LogP contribution in [0, 0.1) is 0 Å². The third kappa shape index (κ3) is 23.1. The fraction of sp³-hybridized carbons (Fsp3) is 0.875. The standard InChI is InChI=1S/C32H60N2O8/c1-3-5-7-9-11-13-15-17-19-21-26-41-30(39)33-32(29(37)38,25-23-24-28(35)36)34-31(40)42-27-22-20-18-16-14-12-10-8-6-4-2/h3-27H2,1-2H3,(H,33,39)(H,34,40)(H,35,36)(H,37,38). The molecule has 0 rings (SSSR count). The Bertz CT molecular complexity index is 677. The number of ether oxygens (including phenoxy) is 2. The number of hydrogen-bond acceptors (Lipinski definition) is 6. The molecule has 0 bridgehead atoms. The van der Waals surface area contributed by atoms with Gasteiger partial charge in [-0.15, -0.1) is 0 Å². The molecule has 0 aromatic carbocycles. The minimum absolute atomic E-state index is 0.0842. The van der Waals surface area contributed by atoms with Gasteiger partial charge in [0.15, 0.2) is 0 Å². The summed E-state index contributed by atoms with van der Waals surface area (Å²) in [6.07, 6.45) is 19.8. The molecule has 0 aliphatic carbocycles. The number of carboxylic acid groups (broad SMARTS) is 2. The second-order valence-corrected chi connectivity index (χ2v) is 11.3. The zero-order valence-electron chi connectivity index (χ0n) is 26.5. The van der Waals surface area contributed by atoms with Crippen LogP contribution in [0.1, 0.15) is 162 Å². The summed E-state index contributed by atoms with van der Waals surface area (Å²) >= 11 is 0. The lowest BCUT2D eigenvalue weighted by molar-refractivity contribution is -0.147. The number of carbonyl (C=O) groups excluding carboxylic acids is 2. The number of unbranched alkanes of at least 4 members (excludes halogenated alkanes) is 18. The van der Waals surface area contributed by atoms with E-state index in [2.05, 4.69) is 24.5 Å². The van der Waals surface area contributed by atoms with Gasteiger partial charge in [0.05, 0.1) is 13.2 Å². The van der Waals surface area contributed by atoms with Crippen molar-refractivity contribution in [2.24, 2.45) is 0 Å². The largest absolute Gasteiger partial charge is 0.481 e. The van der Waals surface area contributed by atoms with Crippen molar-refractivity contribution in [3.63, 3.8) is 0 Å². The van der Waals surface area contributed by atoms with Gasteiger partial charge >= 0.3 is 24.1 Å². The Morgan fingerprint density at radius 2 is 0.857 bits per heavy atom. The normalized spacial score (nSPS) is 11.2. The van der Waals surface area contributed by atoms with Crippen molar-refractivity contribution in [3.8, 4) is 0 Å². The highest BCUT2D eigenvalue weighted by molar-refractivity contribution is 5.88. The molecule has 0 aliphatic heterocycles. The molecule has 2 amide bonds. The van der Waals surface area contributed by atoms with Gasteiger partial charge in [-0.05, 0) is 19.3 Å². The molecule has 0 saturated heterocycles. The predicted molar refractivity (Wildman–Crippen MR) is 165 cm³/mol. The molecule has 0 saturated carbocycles. The molecule has 0 aromatic heterocycles. The minimum Gasteiger partial charge on any atom is -0.481 e. The Hall–Kier alpha value is -2.52. The molecule has 0 atom stereocenters. The lowest BCUT2D eigenvalue weighted by Crippen LogP contribution is -2.65. The summed E-state index contributed by atoms with van der Waals surface area (Å²) in [5.74, 6) is -2.64. The highest BCUT2D eigenvalue weighted by Crippen LogP contribution is 2.15. The second-order valence-electron chi connectivity index (χ2n) is 11.3. The van der Waals surface area contributed by atoms with Gasteiger partial charge in [0.1, 0.15) is 0 Å². The van der Waals surface area contributed by atoms with E-state index in [1.165, 1.54) is 77.0 Å². The van der Waals surface area contributed by atoms with Crippen molar-refractivity contribution in [2.45, 2.75) is 167 Å². The van der Waals surface area contributed by atoms with Crippen LogP contribution in [0.15, 0.2) is 0 Å². The summed E-state index contributed by atoms with van der Waals surface area (Å²) in [5.41, 5.74) is -2.24. The van der Waals surface area contributed by atoms with E-state index in [0.717, 1.165) is 38.5 Å². The molecule has 0 aromatic rings. The fourth-order valence-corrected chi connectivity index (χ4v) is 4.80. The maximum absolute atomic E-state index is 12.5. The van der Waals surface area contributed by atoms with Crippen LogP contribution < -0.4 is 10.6 Å². The smallest absolute Gasteiger partial charge is 0.409 e. The summed E-state index contributed by atoms with van der Waals surface area (Å²) in [7, 11) is 0. The number of hydrogen-bond donors (Lipinski definition) is 4. The fourth-order valence-electron chi connectivity index (χ4n) is 4.80. The third-order valence-corrected chi connectivity index (χ3v) is 7.40. The van der Waals surface area contributed by atoms with Crippen LogP contribution in [-0.2, 0) is 19.1 Å². The molecule has 0 radical (unpaired) electrons. The number of nitrogens with one attached hydrogen (secondary N) is 2. The number of rotatable bonds is 29. The first-order valence-corrected chi connectivity index (χ1v) is 16.6. The highest BCUT2D eigenvalue weighted by Gasteiger charge is 2.42. The Labute approximate surface area is 254 Å². The van der Waals surface area contributed by atoms with E-state index in [1.54, 1.807) is 0 Å². The van der Waals surface area contributed by atoms with Gasteiger partial charge in [0, 0.05) is 12.8 Å². The van der Waals surface area contributed by atoms with Crippen LogP contribution in [0.3, 0.4) is 0 Å². The Balaban J connectivity index is 4.49. The van der Waals surface area contributed by atoms with Gasteiger partial charge < -0.3 is 19.7 Å². The predicted octanol–water partition coefficient (Wildman–Crippen LogP) is 8.32. The van der Waals surface area contributed by atoms with Crippen LogP contribution in [0.25, 0.3) is 0 Å². The van der Waals surface area contributed by atoms with Crippen LogP contribution >= 0.6 is 0 Å². The molecule has 4 N–H and O–H groups in total. The molecule has 0 spiro atoms. The summed E-state index contributed by atoms with van der Waals surface area (Å²) < 4.78 is 10.4. The van der Waals surface area contributed by atoms with Crippen LogP contribution in [0.4, 0.5) is 9.59 Å². The molecule has 0 unspecified atom stereocenters. The first kappa shape index (κ1) is 39.5. The summed E-state index contributed by atoms with van der Waals surface area (Å²) in [6.45, 7) is 4.65. The number of aliphatic carboxylic acids is 2. The van der Waals surface area contributed by atoms with E-state index in [9.17, 15) is 24.3 Å². The molecule has 42 heavy (non-hydrogen) atoms. The Morgan fingerprint density at radius 1 is 0.524 bits per heavy atom. The van der Waals surface area contributed by atoms with Crippen molar-refractivity contribution >= 4 is 24.1 Å². The molecule has 0 aliphatic rings. The van der Waals surface area contributed by atoms with Gasteiger partial charge in [-0.3, -0.25) is 15.4 Å². The molecule has 0 heterocycles. The van der Waals surface area contributed by atoms with Crippen molar-refractivity contribution in [3.05, 3.63) is 0 Å². The Morgan fingerprint density at radius 3 is 1.17 bits per heavy atom. The highest BCUT2D eigenvalue weighted by atomic mass is 16.6. The van der Waals surface area contributed by atoms with Crippen molar-refractivity contribution in [2.75, 3.05) is 13.2 Å². The maximum atomic E-state index is 12.5. The van der Waals surface area contributed by atoms with E-state index in [4.69, 9.17) is 14.6 Å². The van der Waals surface area contributed by atoms with Gasteiger partial charge in [-0.2, -0.15) is 0 Å². The summed E-state index contributed by atoms with van der Waals surface area (Å²) in [4.78, 5) is 48.1. The second kappa shape index (κ2) is 27.3. The molecular formula is C32H60N2O8. The SMILES string of the molecule is CCCCCCCCCCCCOC(=O)NC(CCCC(=O)O)(NC(=O)OCCCCCCCCCCCC)C(=O)O. The maximum Gasteiger partial charge on any atom is 0.409 e. The zero-order chi connectivity index (χ0) is 31.3.